The van der Waals surface area contributed by atoms with Crippen molar-refractivity contribution in [3.63, 3.8) is 0 Å². The normalized spacial score (nSPS) is 17.8. The summed E-state index contributed by atoms with van der Waals surface area (Å²) in [4.78, 5) is 36.0. The number of aromatic nitrogens is 3. The molecule has 204 valence electrons. The quantitative estimate of drug-likeness (QED) is 0.428. The van der Waals surface area contributed by atoms with Crippen molar-refractivity contribution in [1.82, 2.24) is 25.4 Å². The lowest BCUT2D eigenvalue weighted by atomic mass is 10.1. The van der Waals surface area contributed by atoms with Crippen LogP contribution in [0.15, 0.2) is 41.1 Å². The number of ether oxygens (including phenoxy) is 2. The number of nitrogens with one attached hydrogen (secondary N) is 2. The standard InChI is InChI=1S/C26H30N8O5/c35-23(29-21-16-28-4-3-22(21)33-7-5-27-6-8-33)24-30-31-26(39-24)34-17-18-15-19(1-2-20(18)25(34)36)38-14-11-32-9-12-37-13-10-32/h1-4,15-16,27H,5-14,17H2,(H,29,35). The third-order valence-corrected chi connectivity index (χ3v) is 7.00. The number of fused-ring (bicyclic) bond motifs is 1. The van der Waals surface area contributed by atoms with Crippen molar-refractivity contribution < 1.29 is 23.5 Å². The molecule has 0 atom stereocenters. The van der Waals surface area contributed by atoms with Crippen LogP contribution in [0.1, 0.15) is 26.6 Å². The molecule has 1 aromatic carbocycles. The highest BCUT2D eigenvalue weighted by Crippen LogP contribution is 2.31. The minimum absolute atomic E-state index is 0.0374. The van der Waals surface area contributed by atoms with E-state index in [0.29, 0.717) is 23.6 Å². The Morgan fingerprint density at radius 3 is 2.79 bits per heavy atom. The summed E-state index contributed by atoms with van der Waals surface area (Å²) in [7, 11) is 0. The van der Waals surface area contributed by atoms with Crippen LogP contribution < -0.4 is 25.2 Å². The molecule has 0 unspecified atom stereocenters. The number of benzene rings is 1. The van der Waals surface area contributed by atoms with Gasteiger partial charge in [-0.05, 0) is 29.8 Å². The number of anilines is 3. The number of morpholine rings is 1. The molecule has 0 bridgehead atoms. The molecule has 2 N–H and O–H groups in total. The fraction of sp³-hybridized carbons (Fsp3) is 0.423. The second kappa shape index (κ2) is 11.4. The summed E-state index contributed by atoms with van der Waals surface area (Å²) in [5.41, 5.74) is 2.75. The van der Waals surface area contributed by atoms with Crippen LogP contribution in [-0.2, 0) is 11.3 Å². The van der Waals surface area contributed by atoms with E-state index in [2.05, 4.69) is 35.6 Å². The van der Waals surface area contributed by atoms with Crippen LogP contribution in [0.4, 0.5) is 17.4 Å². The van der Waals surface area contributed by atoms with E-state index in [4.69, 9.17) is 13.9 Å². The zero-order chi connectivity index (χ0) is 26.6. The van der Waals surface area contributed by atoms with Gasteiger partial charge in [0.25, 0.3) is 5.91 Å². The Bertz CT molecular complexity index is 1340. The Kier molecular flexibility index (Phi) is 7.34. The second-order valence-electron chi connectivity index (χ2n) is 9.49. The van der Waals surface area contributed by atoms with Gasteiger partial charge < -0.3 is 29.4 Å². The first kappa shape index (κ1) is 25.2. The Morgan fingerprint density at radius 1 is 1.10 bits per heavy atom. The summed E-state index contributed by atoms with van der Waals surface area (Å²) in [5.74, 6) is -0.387. The molecule has 2 amide bonds. The van der Waals surface area contributed by atoms with Crippen molar-refractivity contribution in [2.75, 3.05) is 80.8 Å². The first-order valence-electron chi connectivity index (χ1n) is 13.1. The first-order chi connectivity index (χ1) is 19.2. The molecule has 2 fully saturated rings. The molecule has 0 radical (unpaired) electrons. The molecule has 2 aromatic heterocycles. The zero-order valence-corrected chi connectivity index (χ0v) is 21.5. The summed E-state index contributed by atoms with van der Waals surface area (Å²) in [6.07, 6.45) is 3.28. The second-order valence-corrected chi connectivity index (χ2v) is 9.49. The summed E-state index contributed by atoms with van der Waals surface area (Å²) in [6.45, 7) is 8.25. The van der Waals surface area contributed by atoms with Crippen LogP contribution in [-0.4, -0.2) is 97.5 Å². The molecule has 3 aliphatic rings. The largest absolute Gasteiger partial charge is 0.492 e. The van der Waals surface area contributed by atoms with Crippen molar-refractivity contribution in [2.45, 2.75) is 6.54 Å². The highest BCUT2D eigenvalue weighted by molar-refractivity contribution is 6.09. The lowest BCUT2D eigenvalue weighted by Crippen LogP contribution is -2.43. The van der Waals surface area contributed by atoms with Gasteiger partial charge in [-0.15, -0.1) is 5.10 Å². The van der Waals surface area contributed by atoms with Gasteiger partial charge in [-0.1, -0.05) is 5.10 Å². The Balaban J connectivity index is 1.09. The van der Waals surface area contributed by atoms with Crippen molar-refractivity contribution >= 4 is 29.2 Å². The molecule has 3 aromatic rings. The van der Waals surface area contributed by atoms with Crippen LogP contribution in [0, 0.1) is 0 Å². The number of hydrogen-bond acceptors (Lipinski definition) is 11. The molecule has 0 saturated carbocycles. The predicted molar refractivity (Wildman–Crippen MR) is 141 cm³/mol. The summed E-state index contributed by atoms with van der Waals surface area (Å²) in [5, 5.41) is 14.0. The third kappa shape index (κ3) is 5.55. The molecular formula is C26H30N8O5. The van der Waals surface area contributed by atoms with Crippen LogP contribution in [0.5, 0.6) is 5.75 Å². The van der Waals surface area contributed by atoms with Gasteiger partial charge in [0.2, 0.25) is 0 Å². The number of amides is 2. The molecule has 13 nitrogen and oxygen atoms in total. The summed E-state index contributed by atoms with van der Waals surface area (Å²) >= 11 is 0. The van der Waals surface area contributed by atoms with E-state index >= 15 is 0 Å². The number of nitrogens with zero attached hydrogens (tertiary/aromatic N) is 6. The van der Waals surface area contributed by atoms with Crippen LogP contribution in [0.2, 0.25) is 0 Å². The molecular weight excluding hydrogens is 504 g/mol. The maximum Gasteiger partial charge on any atom is 0.326 e. The number of hydrogen-bond donors (Lipinski definition) is 2. The highest BCUT2D eigenvalue weighted by atomic mass is 16.5. The van der Waals surface area contributed by atoms with Gasteiger partial charge in [0.05, 0.1) is 37.3 Å². The zero-order valence-electron chi connectivity index (χ0n) is 21.5. The maximum atomic E-state index is 13.0. The van der Waals surface area contributed by atoms with E-state index in [0.717, 1.165) is 70.3 Å². The van der Waals surface area contributed by atoms with E-state index in [-0.39, 0.29) is 24.4 Å². The smallest absolute Gasteiger partial charge is 0.326 e. The van der Waals surface area contributed by atoms with Gasteiger partial charge in [0, 0.05) is 57.6 Å². The SMILES string of the molecule is O=C(Nc1cnccc1N1CCNCC1)c1nnc(N2Cc3cc(OCCN4CCOCC4)ccc3C2=O)o1. The number of pyridine rings is 1. The minimum Gasteiger partial charge on any atom is -0.492 e. The van der Waals surface area contributed by atoms with Gasteiger partial charge in [0.1, 0.15) is 12.4 Å². The highest BCUT2D eigenvalue weighted by Gasteiger charge is 2.33. The fourth-order valence-electron chi connectivity index (χ4n) is 4.92. The van der Waals surface area contributed by atoms with E-state index < -0.39 is 5.91 Å². The number of carbonyl (C=O) groups is 2. The Morgan fingerprint density at radius 2 is 1.95 bits per heavy atom. The lowest BCUT2D eigenvalue weighted by Gasteiger charge is -2.30. The third-order valence-electron chi connectivity index (χ3n) is 7.00. The predicted octanol–water partition coefficient (Wildman–Crippen LogP) is 0.998. The first-order valence-corrected chi connectivity index (χ1v) is 13.1. The van der Waals surface area contributed by atoms with E-state index in [1.807, 2.05) is 12.1 Å². The average molecular weight is 535 g/mol. The molecule has 5 heterocycles. The average Bonchev–Trinajstić information content (AvgIpc) is 3.59. The molecule has 0 aliphatic carbocycles. The maximum absolute atomic E-state index is 13.0. The van der Waals surface area contributed by atoms with Gasteiger partial charge in [0.15, 0.2) is 0 Å². The number of piperazine rings is 1. The van der Waals surface area contributed by atoms with Crippen LogP contribution in [0.25, 0.3) is 0 Å². The molecule has 39 heavy (non-hydrogen) atoms. The molecule has 3 aliphatic heterocycles. The van der Waals surface area contributed by atoms with Crippen LogP contribution in [0.3, 0.4) is 0 Å². The molecule has 13 heteroatoms. The summed E-state index contributed by atoms with van der Waals surface area (Å²) in [6, 6.07) is 7.21. The van der Waals surface area contributed by atoms with Gasteiger partial charge in [-0.2, -0.15) is 0 Å². The lowest BCUT2D eigenvalue weighted by molar-refractivity contribution is 0.0322. The molecule has 0 spiro atoms. The molecule has 2 saturated heterocycles. The minimum atomic E-state index is -0.571. The van der Waals surface area contributed by atoms with Gasteiger partial charge in [-0.25, -0.2) is 0 Å². The van der Waals surface area contributed by atoms with Crippen molar-refractivity contribution in [1.29, 1.82) is 0 Å². The van der Waals surface area contributed by atoms with E-state index in [1.165, 1.54) is 4.90 Å². The van der Waals surface area contributed by atoms with Gasteiger partial charge in [-0.3, -0.25) is 24.4 Å². The van der Waals surface area contributed by atoms with Crippen molar-refractivity contribution in [2.24, 2.45) is 0 Å². The van der Waals surface area contributed by atoms with Gasteiger partial charge >= 0.3 is 17.8 Å². The van der Waals surface area contributed by atoms with Crippen molar-refractivity contribution in [3.8, 4) is 5.75 Å². The number of rotatable bonds is 8. The summed E-state index contributed by atoms with van der Waals surface area (Å²) < 4.78 is 16.9. The Labute approximate surface area is 225 Å². The fourth-order valence-corrected chi connectivity index (χ4v) is 4.92. The van der Waals surface area contributed by atoms with E-state index in [9.17, 15) is 9.59 Å². The topological polar surface area (TPSA) is 138 Å². The van der Waals surface area contributed by atoms with E-state index in [1.54, 1.807) is 24.5 Å². The Hall–Kier alpha value is -4.07. The number of carbonyl (C=O) groups excluding carboxylic acids is 2. The molecule has 6 rings (SSSR count). The van der Waals surface area contributed by atoms with Crippen LogP contribution >= 0.6 is 0 Å². The van der Waals surface area contributed by atoms with Crippen molar-refractivity contribution in [3.05, 3.63) is 53.7 Å². The monoisotopic (exact) mass is 534 g/mol.